The Morgan fingerprint density at radius 1 is 0.679 bits per heavy atom. The second-order valence-corrected chi connectivity index (χ2v) is 14.5. The number of aromatic amines is 1. The van der Waals surface area contributed by atoms with Crippen LogP contribution in [-0.2, 0) is 46.5 Å². The molecule has 1 fully saturated rings. The van der Waals surface area contributed by atoms with E-state index in [9.17, 15) is 33.9 Å². The van der Waals surface area contributed by atoms with Gasteiger partial charge < -0.3 is 41.4 Å². The Morgan fingerprint density at radius 2 is 1.21 bits per heavy atom. The molecule has 1 saturated heterocycles. The Bertz CT molecular complexity index is 1740. The second kappa shape index (κ2) is 19.0. The summed E-state index contributed by atoms with van der Waals surface area (Å²) in [5, 5.41) is 24.1. The number of aromatic nitrogens is 1. The molecule has 3 aromatic rings. The molecule has 5 amide bonds. The number of ether oxygens (including phenoxy) is 1. The fourth-order valence-corrected chi connectivity index (χ4v) is 6.30. The Morgan fingerprint density at radius 3 is 1.83 bits per heavy atom. The number of H-pyrrole nitrogens is 1. The minimum Gasteiger partial charge on any atom is -0.481 e. The molecule has 7 N–H and O–H groups in total. The Kier molecular flexibility index (Phi) is 14.5. The molecule has 0 aliphatic carbocycles. The predicted octanol–water partition coefficient (Wildman–Crippen LogP) is 2.71. The molecule has 2 aromatic carbocycles. The zero-order chi connectivity index (χ0) is 38.7. The molecular weight excluding hydrogens is 680 g/mol. The lowest BCUT2D eigenvalue weighted by atomic mass is 9.98. The Hall–Kier alpha value is -5.24. The number of nitrogens with one attached hydrogen (secondary N) is 6. The van der Waals surface area contributed by atoms with Gasteiger partial charge in [0.05, 0.1) is 12.7 Å². The van der Waals surface area contributed by atoms with E-state index < -0.39 is 78.2 Å². The first-order chi connectivity index (χ1) is 25.2. The topological polar surface area (TPSA) is 208 Å². The molecule has 0 bridgehead atoms. The van der Waals surface area contributed by atoms with E-state index in [2.05, 4.69) is 31.6 Å². The molecule has 0 spiro atoms. The van der Waals surface area contributed by atoms with Crippen LogP contribution in [0.4, 0.5) is 0 Å². The number of aliphatic carboxylic acids is 1. The van der Waals surface area contributed by atoms with Gasteiger partial charge in [-0.25, -0.2) is 0 Å². The van der Waals surface area contributed by atoms with Gasteiger partial charge in [-0.3, -0.25) is 28.8 Å². The van der Waals surface area contributed by atoms with E-state index in [1.54, 1.807) is 13.1 Å². The highest BCUT2D eigenvalue weighted by Gasteiger charge is 2.37. The van der Waals surface area contributed by atoms with Crippen molar-refractivity contribution >= 4 is 46.4 Å². The largest absolute Gasteiger partial charge is 0.481 e. The van der Waals surface area contributed by atoms with Gasteiger partial charge >= 0.3 is 5.97 Å². The maximum Gasteiger partial charge on any atom is 0.303 e. The highest BCUT2D eigenvalue weighted by Crippen LogP contribution is 2.20. The number of hydrogen-bond donors (Lipinski definition) is 7. The average molecular weight is 733 g/mol. The van der Waals surface area contributed by atoms with Crippen molar-refractivity contribution in [2.24, 2.45) is 11.8 Å². The van der Waals surface area contributed by atoms with Crippen molar-refractivity contribution in [2.45, 2.75) is 110 Å². The standard InChI is InChI=1S/C39H52N6O8/c1-22(2)17-30-36(49)43-32(19-26-20-40-28-14-10-9-13-27(26)28)38(51)41-29(15-16-33(46)47)35(48)45-34(24(5)53-21-25-11-7-6-8-12-25)39(52)44-31(18-23(3)4)37(50)42-30/h6-14,20,22-24,29-32,34,40H,15-19,21H2,1-5H3,(H,41,51)(H,42,50)(H,43,49)(H,44,52)(H,45,48)(H,46,47). The minimum atomic E-state index is -1.40. The van der Waals surface area contributed by atoms with Crippen LogP contribution in [0.5, 0.6) is 0 Å². The summed E-state index contributed by atoms with van der Waals surface area (Å²) in [6, 6.07) is 10.5. The molecule has 1 aromatic heterocycles. The van der Waals surface area contributed by atoms with Crippen LogP contribution in [0.2, 0.25) is 0 Å². The predicted molar refractivity (Wildman–Crippen MR) is 198 cm³/mol. The van der Waals surface area contributed by atoms with Gasteiger partial charge in [0.1, 0.15) is 30.2 Å². The van der Waals surface area contributed by atoms with E-state index in [4.69, 9.17) is 4.74 Å². The van der Waals surface area contributed by atoms with Crippen molar-refractivity contribution in [3.05, 3.63) is 71.9 Å². The van der Waals surface area contributed by atoms with Crippen LogP contribution in [0.3, 0.4) is 0 Å². The number of hydrogen-bond acceptors (Lipinski definition) is 7. The molecule has 1 aliphatic heterocycles. The zero-order valence-corrected chi connectivity index (χ0v) is 30.9. The third-order valence-electron chi connectivity index (χ3n) is 9.10. The number of carbonyl (C=O) groups is 6. The third-order valence-corrected chi connectivity index (χ3v) is 9.10. The van der Waals surface area contributed by atoms with E-state index in [0.717, 1.165) is 16.5 Å². The van der Waals surface area contributed by atoms with Crippen molar-refractivity contribution in [1.82, 2.24) is 31.6 Å². The van der Waals surface area contributed by atoms with Crippen LogP contribution in [0.25, 0.3) is 10.9 Å². The minimum absolute atomic E-state index is 0.0141. The number of carbonyl (C=O) groups excluding carboxylic acids is 5. The number of carboxylic acid groups (broad SMARTS) is 1. The summed E-state index contributed by atoms with van der Waals surface area (Å²) in [5.41, 5.74) is 2.35. The summed E-state index contributed by atoms with van der Waals surface area (Å²) in [6.45, 7) is 9.27. The van der Waals surface area contributed by atoms with Crippen molar-refractivity contribution in [3.63, 3.8) is 0 Å². The summed E-state index contributed by atoms with van der Waals surface area (Å²) in [5.74, 6) is -4.80. The van der Waals surface area contributed by atoms with Gasteiger partial charge in [-0.1, -0.05) is 76.2 Å². The average Bonchev–Trinajstić information content (AvgIpc) is 3.52. The fraction of sp³-hybridized carbons (Fsp3) is 0.487. The van der Waals surface area contributed by atoms with Gasteiger partial charge in [0.25, 0.3) is 0 Å². The van der Waals surface area contributed by atoms with Gasteiger partial charge in [-0.15, -0.1) is 0 Å². The Labute approximate surface area is 309 Å². The van der Waals surface area contributed by atoms with Crippen LogP contribution < -0.4 is 26.6 Å². The highest BCUT2D eigenvalue weighted by molar-refractivity contribution is 5.98. The van der Waals surface area contributed by atoms with Crippen LogP contribution in [0.1, 0.15) is 71.4 Å². The third kappa shape index (κ3) is 11.9. The molecule has 14 nitrogen and oxygen atoms in total. The first-order valence-electron chi connectivity index (χ1n) is 18.2. The fourth-order valence-electron chi connectivity index (χ4n) is 6.30. The summed E-state index contributed by atoms with van der Waals surface area (Å²) in [6.07, 6.45) is 0.491. The maximum absolute atomic E-state index is 14.1. The molecule has 0 saturated carbocycles. The molecule has 1 aliphatic rings. The number of para-hydroxylation sites is 1. The van der Waals surface area contributed by atoms with Crippen LogP contribution >= 0.6 is 0 Å². The summed E-state index contributed by atoms with van der Waals surface area (Å²) < 4.78 is 6.04. The number of rotatable bonds is 13. The normalized spacial score (nSPS) is 22.6. The number of carboxylic acids is 1. The Balaban J connectivity index is 1.76. The van der Waals surface area contributed by atoms with Crippen molar-refractivity contribution in [3.8, 4) is 0 Å². The summed E-state index contributed by atoms with van der Waals surface area (Å²) >= 11 is 0. The number of amides is 5. The van der Waals surface area contributed by atoms with Crippen LogP contribution in [0.15, 0.2) is 60.8 Å². The molecule has 2 heterocycles. The van der Waals surface area contributed by atoms with Gasteiger partial charge in [-0.05, 0) is 55.2 Å². The van der Waals surface area contributed by atoms with Crippen molar-refractivity contribution in [1.29, 1.82) is 0 Å². The SMILES string of the molecule is CC(C)CC1NC(=O)C(CC(C)C)NC(=O)C(C(C)OCc2ccccc2)NC(=O)C(CCC(=O)O)NC(=O)C(Cc2c[nH]c3ccccc23)NC1=O. The zero-order valence-electron chi connectivity index (χ0n) is 30.9. The quantitative estimate of drug-likeness (QED) is 0.139. The monoisotopic (exact) mass is 732 g/mol. The molecule has 53 heavy (non-hydrogen) atoms. The van der Waals surface area contributed by atoms with Crippen molar-refractivity contribution < 1.29 is 38.6 Å². The van der Waals surface area contributed by atoms with Gasteiger partial charge in [0.2, 0.25) is 29.5 Å². The summed E-state index contributed by atoms with van der Waals surface area (Å²) in [4.78, 5) is 84.9. The lowest BCUT2D eigenvalue weighted by molar-refractivity contribution is -0.139. The number of benzene rings is 2. The summed E-state index contributed by atoms with van der Waals surface area (Å²) in [7, 11) is 0. The first-order valence-corrected chi connectivity index (χ1v) is 18.2. The highest BCUT2D eigenvalue weighted by atomic mass is 16.5. The van der Waals surface area contributed by atoms with E-state index >= 15 is 0 Å². The molecule has 6 unspecified atom stereocenters. The molecule has 14 heteroatoms. The smallest absolute Gasteiger partial charge is 0.303 e. The van der Waals surface area contributed by atoms with E-state index in [1.165, 1.54) is 0 Å². The van der Waals surface area contributed by atoms with Gasteiger partial charge in [0.15, 0.2) is 0 Å². The van der Waals surface area contributed by atoms with Crippen LogP contribution in [0, 0.1) is 11.8 Å². The van der Waals surface area contributed by atoms with E-state index in [0.29, 0.717) is 5.56 Å². The molecular formula is C39H52N6O8. The maximum atomic E-state index is 14.1. The lowest BCUT2D eigenvalue weighted by Gasteiger charge is -2.29. The van der Waals surface area contributed by atoms with E-state index in [1.807, 2.05) is 82.3 Å². The lowest BCUT2D eigenvalue weighted by Crippen LogP contribution is -2.60. The van der Waals surface area contributed by atoms with Crippen LogP contribution in [-0.4, -0.2) is 81.9 Å². The first kappa shape index (κ1) is 40.5. The molecule has 6 atom stereocenters. The van der Waals surface area contributed by atoms with E-state index in [-0.39, 0.29) is 44.1 Å². The van der Waals surface area contributed by atoms with Gasteiger partial charge in [-0.2, -0.15) is 0 Å². The molecule has 286 valence electrons. The van der Waals surface area contributed by atoms with Gasteiger partial charge in [0, 0.05) is 29.9 Å². The number of fused-ring (bicyclic) bond motifs is 1. The molecule has 0 radical (unpaired) electrons. The second-order valence-electron chi connectivity index (χ2n) is 14.5. The van der Waals surface area contributed by atoms with Crippen molar-refractivity contribution in [2.75, 3.05) is 0 Å². The molecule has 4 rings (SSSR count).